The van der Waals surface area contributed by atoms with E-state index < -0.39 is 0 Å². The SMILES string of the molecule is COc1ccc(CNC2=CC(C3(C)CC3)=C(Cl)N[NH2+]2)c(OC)c1. The standard InChI is InChI=1S/C17H22ClN3O2/c1-17(6-7-17)13-9-15(20-21-16(13)18)19-10-11-4-5-12(22-2)8-14(11)23-3/h4-5,8-9,19-21H,6-7,10H2,1-3H3/p+1. The summed E-state index contributed by atoms with van der Waals surface area (Å²) in [5.74, 6) is 2.62. The lowest BCUT2D eigenvalue weighted by atomic mass is 9.98. The molecule has 6 heteroatoms. The number of halogens is 1. The van der Waals surface area contributed by atoms with Gasteiger partial charge in [0, 0.05) is 29.8 Å². The van der Waals surface area contributed by atoms with Crippen LogP contribution in [-0.2, 0) is 6.54 Å². The van der Waals surface area contributed by atoms with E-state index in [0.717, 1.165) is 28.0 Å². The number of benzene rings is 1. The molecule has 1 saturated carbocycles. The number of allylic oxidation sites excluding steroid dienone is 2. The maximum Gasteiger partial charge on any atom is 0.223 e. The predicted molar refractivity (Wildman–Crippen MR) is 89.7 cm³/mol. The van der Waals surface area contributed by atoms with E-state index in [1.54, 1.807) is 14.2 Å². The molecule has 1 aliphatic heterocycles. The van der Waals surface area contributed by atoms with Crippen LogP contribution in [0.5, 0.6) is 11.5 Å². The predicted octanol–water partition coefficient (Wildman–Crippen LogP) is 1.97. The highest BCUT2D eigenvalue weighted by molar-refractivity contribution is 6.29. The van der Waals surface area contributed by atoms with Gasteiger partial charge in [0.25, 0.3) is 0 Å². The van der Waals surface area contributed by atoms with Crippen LogP contribution < -0.4 is 25.6 Å². The third kappa shape index (κ3) is 3.41. The Hall–Kier alpha value is -1.85. The zero-order valence-electron chi connectivity index (χ0n) is 13.7. The molecule has 124 valence electrons. The normalized spacial score (nSPS) is 18.9. The van der Waals surface area contributed by atoms with Gasteiger partial charge in [0.15, 0.2) is 5.16 Å². The van der Waals surface area contributed by atoms with Crippen LogP contribution in [0.15, 0.2) is 40.8 Å². The number of nitrogens with two attached hydrogens (primary N) is 1. The maximum atomic E-state index is 6.30. The summed E-state index contributed by atoms with van der Waals surface area (Å²) in [6.45, 7) is 2.91. The Kier molecular flexibility index (Phi) is 4.41. The van der Waals surface area contributed by atoms with E-state index in [1.807, 2.05) is 23.6 Å². The highest BCUT2D eigenvalue weighted by atomic mass is 35.5. The fourth-order valence-electron chi connectivity index (χ4n) is 2.67. The molecule has 0 radical (unpaired) electrons. The number of ether oxygens (including phenoxy) is 2. The molecule has 0 amide bonds. The number of nitrogens with one attached hydrogen (secondary N) is 2. The molecule has 0 atom stereocenters. The van der Waals surface area contributed by atoms with Gasteiger partial charge in [-0.3, -0.25) is 0 Å². The Morgan fingerprint density at radius 3 is 2.74 bits per heavy atom. The van der Waals surface area contributed by atoms with Gasteiger partial charge in [0.05, 0.1) is 14.2 Å². The molecule has 0 bridgehead atoms. The Labute approximate surface area is 141 Å². The Morgan fingerprint density at radius 2 is 2.09 bits per heavy atom. The monoisotopic (exact) mass is 336 g/mol. The van der Waals surface area contributed by atoms with Crippen molar-refractivity contribution in [1.29, 1.82) is 0 Å². The molecular formula is C17H23ClN3O2+. The summed E-state index contributed by atoms with van der Waals surface area (Å²) in [5, 5.41) is 4.16. The van der Waals surface area contributed by atoms with Crippen LogP contribution >= 0.6 is 11.6 Å². The first-order valence-electron chi connectivity index (χ1n) is 7.72. The first-order chi connectivity index (χ1) is 11.1. The van der Waals surface area contributed by atoms with Crippen LogP contribution in [0.25, 0.3) is 0 Å². The summed E-state index contributed by atoms with van der Waals surface area (Å²) in [6, 6.07) is 5.83. The van der Waals surface area contributed by atoms with Crippen LogP contribution in [-0.4, -0.2) is 14.2 Å². The lowest BCUT2D eigenvalue weighted by molar-refractivity contribution is -0.663. The molecule has 1 heterocycles. The van der Waals surface area contributed by atoms with Crippen molar-refractivity contribution in [3.05, 3.63) is 46.4 Å². The number of hydrogen-bond acceptors (Lipinski definition) is 4. The maximum absolute atomic E-state index is 6.30. The largest absolute Gasteiger partial charge is 0.497 e. The van der Waals surface area contributed by atoms with Crippen LogP contribution in [0.2, 0.25) is 0 Å². The highest BCUT2D eigenvalue weighted by Gasteiger charge is 2.43. The van der Waals surface area contributed by atoms with Gasteiger partial charge in [0.1, 0.15) is 11.5 Å². The quantitative estimate of drug-likeness (QED) is 0.549. The number of quaternary nitrogens is 1. The average molecular weight is 337 g/mol. The molecule has 1 aromatic rings. The number of hydrogen-bond donors (Lipinski definition) is 3. The highest BCUT2D eigenvalue weighted by Crippen LogP contribution is 2.53. The van der Waals surface area contributed by atoms with Crippen molar-refractivity contribution in [2.45, 2.75) is 26.3 Å². The van der Waals surface area contributed by atoms with Gasteiger partial charge in [-0.05, 0) is 30.4 Å². The van der Waals surface area contributed by atoms with Crippen molar-refractivity contribution in [2.75, 3.05) is 14.2 Å². The summed E-state index contributed by atoms with van der Waals surface area (Å²) >= 11 is 6.30. The summed E-state index contributed by atoms with van der Waals surface area (Å²) in [6.07, 6.45) is 4.52. The van der Waals surface area contributed by atoms with Gasteiger partial charge in [0.2, 0.25) is 5.82 Å². The van der Waals surface area contributed by atoms with Crippen LogP contribution in [0, 0.1) is 5.41 Å². The van der Waals surface area contributed by atoms with E-state index in [-0.39, 0.29) is 5.41 Å². The molecule has 0 saturated heterocycles. The third-order valence-electron chi connectivity index (χ3n) is 4.52. The fraction of sp³-hybridized carbons (Fsp3) is 0.412. The van der Waals surface area contributed by atoms with Gasteiger partial charge < -0.3 is 14.8 Å². The molecule has 5 nitrogen and oxygen atoms in total. The summed E-state index contributed by atoms with van der Waals surface area (Å²) in [4.78, 5) is 0. The second-order valence-corrected chi connectivity index (χ2v) is 6.59. The Morgan fingerprint density at radius 1 is 1.30 bits per heavy atom. The van der Waals surface area contributed by atoms with Crippen molar-refractivity contribution in [1.82, 2.24) is 10.7 Å². The van der Waals surface area contributed by atoms with Crippen molar-refractivity contribution in [2.24, 2.45) is 5.41 Å². The topological polar surface area (TPSA) is 59.1 Å². The second-order valence-electron chi connectivity index (χ2n) is 6.21. The minimum absolute atomic E-state index is 0.225. The smallest absolute Gasteiger partial charge is 0.223 e. The molecule has 23 heavy (non-hydrogen) atoms. The van der Waals surface area contributed by atoms with E-state index in [0.29, 0.717) is 6.54 Å². The van der Waals surface area contributed by atoms with Crippen molar-refractivity contribution >= 4 is 11.6 Å². The summed E-state index contributed by atoms with van der Waals surface area (Å²) < 4.78 is 10.7. The molecule has 4 N–H and O–H groups in total. The zero-order valence-corrected chi connectivity index (χ0v) is 14.5. The average Bonchev–Trinajstić information content (AvgIpc) is 3.32. The number of rotatable bonds is 6. The van der Waals surface area contributed by atoms with Crippen LogP contribution in [0.1, 0.15) is 25.3 Å². The molecule has 0 unspecified atom stereocenters. The molecule has 1 aliphatic carbocycles. The minimum Gasteiger partial charge on any atom is -0.497 e. The molecule has 3 rings (SSSR count). The second kappa shape index (κ2) is 6.34. The van der Waals surface area contributed by atoms with Crippen LogP contribution in [0.4, 0.5) is 0 Å². The minimum atomic E-state index is 0.225. The molecular weight excluding hydrogens is 314 g/mol. The molecule has 1 aromatic carbocycles. The molecule has 1 fully saturated rings. The van der Waals surface area contributed by atoms with E-state index in [9.17, 15) is 0 Å². The van der Waals surface area contributed by atoms with E-state index in [4.69, 9.17) is 21.1 Å². The van der Waals surface area contributed by atoms with Gasteiger partial charge in [-0.2, -0.15) is 5.43 Å². The first kappa shape index (κ1) is 16.0. The van der Waals surface area contributed by atoms with Crippen LogP contribution in [0.3, 0.4) is 0 Å². The third-order valence-corrected chi connectivity index (χ3v) is 4.83. The van der Waals surface area contributed by atoms with E-state index in [1.165, 1.54) is 18.4 Å². The lowest BCUT2D eigenvalue weighted by Gasteiger charge is -2.20. The van der Waals surface area contributed by atoms with Crippen molar-refractivity contribution in [3.63, 3.8) is 0 Å². The molecule has 0 aromatic heterocycles. The van der Waals surface area contributed by atoms with Crippen molar-refractivity contribution in [3.8, 4) is 11.5 Å². The fourth-order valence-corrected chi connectivity index (χ4v) is 3.01. The Bertz CT molecular complexity index is 666. The number of methoxy groups -OCH3 is 2. The van der Waals surface area contributed by atoms with Gasteiger partial charge >= 0.3 is 0 Å². The first-order valence-corrected chi connectivity index (χ1v) is 8.10. The summed E-state index contributed by atoms with van der Waals surface area (Å²) in [7, 11) is 3.32. The van der Waals surface area contributed by atoms with Gasteiger partial charge in [-0.1, -0.05) is 18.5 Å². The van der Waals surface area contributed by atoms with Gasteiger partial charge in [-0.25, -0.2) is 5.43 Å². The molecule has 2 aliphatic rings. The Balaban J connectivity index is 1.71. The summed E-state index contributed by atoms with van der Waals surface area (Å²) in [5.41, 5.74) is 7.53. The van der Waals surface area contributed by atoms with Crippen molar-refractivity contribution < 1.29 is 14.9 Å². The lowest BCUT2D eigenvalue weighted by Crippen LogP contribution is -2.93. The van der Waals surface area contributed by atoms with E-state index in [2.05, 4.69) is 23.7 Å². The van der Waals surface area contributed by atoms with E-state index >= 15 is 0 Å². The molecule has 0 spiro atoms. The van der Waals surface area contributed by atoms with Gasteiger partial charge in [-0.15, -0.1) is 0 Å². The zero-order chi connectivity index (χ0) is 16.4.